The number of aromatic nitrogens is 2. The van der Waals surface area contributed by atoms with E-state index in [0.29, 0.717) is 11.4 Å². The van der Waals surface area contributed by atoms with Gasteiger partial charge in [-0.3, -0.25) is 5.10 Å². The topological polar surface area (TPSA) is 74.9 Å². The Bertz CT molecular complexity index is 225. The van der Waals surface area contributed by atoms with E-state index in [-0.39, 0.29) is 6.54 Å². The molecule has 1 aromatic heterocycles. The Morgan fingerprint density at radius 3 is 3.09 bits per heavy atom. The Balaban J connectivity index is 2.83. The number of rotatable bonds is 3. The van der Waals surface area contributed by atoms with Gasteiger partial charge in [-0.05, 0) is 0 Å². The van der Waals surface area contributed by atoms with Gasteiger partial charge in [-0.1, -0.05) is 0 Å². The molecule has 0 bridgehead atoms. The zero-order valence-corrected chi connectivity index (χ0v) is 6.67. The van der Waals surface area contributed by atoms with Crippen LogP contribution in [0.2, 0.25) is 0 Å². The average molecular weight is 176 g/mol. The summed E-state index contributed by atoms with van der Waals surface area (Å²) in [5, 5.41) is 15.7. The molecule has 0 fully saturated rings. The first-order valence-electron chi connectivity index (χ1n) is 3.25. The van der Waals surface area contributed by atoms with Crippen LogP contribution in [0.5, 0.6) is 0 Å². The Morgan fingerprint density at radius 2 is 2.55 bits per heavy atom. The highest BCUT2D eigenvalue weighted by Crippen LogP contribution is 2.15. The van der Waals surface area contributed by atoms with Crippen molar-refractivity contribution in [2.75, 3.05) is 6.54 Å². The van der Waals surface area contributed by atoms with Crippen LogP contribution in [0.4, 0.5) is 0 Å². The highest BCUT2D eigenvalue weighted by molar-refractivity contribution is 6.17. The number of hydrogen-bond donors (Lipinski definition) is 3. The second-order valence-electron chi connectivity index (χ2n) is 2.19. The van der Waals surface area contributed by atoms with Gasteiger partial charge in [0.2, 0.25) is 0 Å². The first-order valence-corrected chi connectivity index (χ1v) is 3.79. The van der Waals surface area contributed by atoms with Crippen molar-refractivity contribution in [1.82, 2.24) is 10.2 Å². The quantitative estimate of drug-likeness (QED) is 0.572. The highest BCUT2D eigenvalue weighted by atomic mass is 35.5. The molecule has 5 heteroatoms. The van der Waals surface area contributed by atoms with Crippen molar-refractivity contribution in [3.05, 3.63) is 17.5 Å². The molecule has 0 aromatic carbocycles. The predicted molar refractivity (Wildman–Crippen MR) is 42.2 cm³/mol. The maximum absolute atomic E-state index is 9.29. The second-order valence-corrected chi connectivity index (χ2v) is 2.46. The number of aliphatic hydroxyl groups excluding tert-OH is 1. The van der Waals surface area contributed by atoms with Crippen molar-refractivity contribution in [3.8, 4) is 0 Å². The summed E-state index contributed by atoms with van der Waals surface area (Å²) < 4.78 is 0. The van der Waals surface area contributed by atoms with E-state index in [0.717, 1.165) is 5.69 Å². The monoisotopic (exact) mass is 175 g/mol. The molecular formula is C6H10ClN3O. The Hall–Kier alpha value is -0.580. The van der Waals surface area contributed by atoms with Crippen LogP contribution in [0.1, 0.15) is 17.4 Å². The van der Waals surface area contributed by atoms with Crippen LogP contribution in [-0.2, 0) is 5.88 Å². The summed E-state index contributed by atoms with van der Waals surface area (Å²) in [5.74, 6) is 0.312. The standard InChI is InChI=1S/C6H10ClN3O/c7-1-5-4(3-9-10-5)6(11)2-8/h3,6,11H,1-2,8H2,(H,9,10). The van der Waals surface area contributed by atoms with Crippen molar-refractivity contribution in [2.45, 2.75) is 12.0 Å². The van der Waals surface area contributed by atoms with E-state index in [9.17, 15) is 5.11 Å². The molecule has 1 heterocycles. The van der Waals surface area contributed by atoms with Crippen molar-refractivity contribution in [2.24, 2.45) is 5.73 Å². The molecule has 0 amide bonds. The lowest BCUT2D eigenvalue weighted by molar-refractivity contribution is 0.186. The molecule has 1 unspecified atom stereocenters. The third-order valence-electron chi connectivity index (χ3n) is 1.47. The lowest BCUT2D eigenvalue weighted by Gasteiger charge is -2.05. The van der Waals surface area contributed by atoms with Crippen LogP contribution in [0.3, 0.4) is 0 Å². The summed E-state index contributed by atoms with van der Waals surface area (Å²) >= 11 is 5.55. The van der Waals surface area contributed by atoms with Crippen molar-refractivity contribution in [3.63, 3.8) is 0 Å². The zero-order chi connectivity index (χ0) is 8.27. The minimum absolute atomic E-state index is 0.184. The third-order valence-corrected chi connectivity index (χ3v) is 1.73. The van der Waals surface area contributed by atoms with E-state index in [1.54, 1.807) is 0 Å². The van der Waals surface area contributed by atoms with Gasteiger partial charge in [-0.15, -0.1) is 11.6 Å². The normalized spacial score (nSPS) is 13.4. The molecule has 11 heavy (non-hydrogen) atoms. The summed E-state index contributed by atoms with van der Waals surface area (Å²) in [6.45, 7) is 0.184. The number of nitrogens with two attached hydrogens (primary N) is 1. The lowest BCUT2D eigenvalue weighted by Crippen LogP contribution is -2.12. The first-order chi connectivity index (χ1) is 5.29. The Labute approximate surface area is 69.4 Å². The molecule has 62 valence electrons. The number of aliphatic hydroxyl groups is 1. The van der Waals surface area contributed by atoms with Gasteiger partial charge in [-0.2, -0.15) is 5.10 Å². The van der Waals surface area contributed by atoms with Gasteiger partial charge in [0.15, 0.2) is 0 Å². The molecule has 0 aliphatic carbocycles. The van der Waals surface area contributed by atoms with Crippen LogP contribution in [0.25, 0.3) is 0 Å². The number of aromatic amines is 1. The van der Waals surface area contributed by atoms with Gasteiger partial charge < -0.3 is 10.8 Å². The van der Waals surface area contributed by atoms with Gasteiger partial charge in [0, 0.05) is 12.1 Å². The molecule has 1 atom stereocenters. The van der Waals surface area contributed by atoms with Crippen LogP contribution in [0.15, 0.2) is 6.20 Å². The smallest absolute Gasteiger partial charge is 0.0945 e. The van der Waals surface area contributed by atoms with Gasteiger partial charge in [0.25, 0.3) is 0 Å². The van der Waals surface area contributed by atoms with Gasteiger partial charge >= 0.3 is 0 Å². The van der Waals surface area contributed by atoms with E-state index < -0.39 is 6.10 Å². The number of H-pyrrole nitrogens is 1. The largest absolute Gasteiger partial charge is 0.387 e. The van der Waals surface area contributed by atoms with Gasteiger partial charge in [0.1, 0.15) is 0 Å². The minimum atomic E-state index is -0.664. The fourth-order valence-electron chi connectivity index (χ4n) is 0.843. The van der Waals surface area contributed by atoms with Crippen molar-refractivity contribution in [1.29, 1.82) is 0 Å². The Morgan fingerprint density at radius 1 is 1.82 bits per heavy atom. The number of nitrogens with zero attached hydrogens (tertiary/aromatic N) is 1. The van der Waals surface area contributed by atoms with Crippen LogP contribution >= 0.6 is 11.6 Å². The third kappa shape index (κ3) is 1.71. The van der Waals surface area contributed by atoms with E-state index in [4.69, 9.17) is 17.3 Å². The number of hydrogen-bond acceptors (Lipinski definition) is 3. The maximum atomic E-state index is 9.29. The van der Waals surface area contributed by atoms with Crippen LogP contribution in [-0.4, -0.2) is 21.8 Å². The van der Waals surface area contributed by atoms with E-state index in [1.165, 1.54) is 6.20 Å². The molecule has 4 nitrogen and oxygen atoms in total. The lowest BCUT2D eigenvalue weighted by atomic mass is 10.1. The average Bonchev–Trinajstić information content (AvgIpc) is 2.50. The van der Waals surface area contributed by atoms with Gasteiger partial charge in [0.05, 0.1) is 23.9 Å². The maximum Gasteiger partial charge on any atom is 0.0945 e. The van der Waals surface area contributed by atoms with E-state index in [2.05, 4.69) is 10.2 Å². The summed E-state index contributed by atoms with van der Waals surface area (Å²) in [7, 11) is 0. The molecule has 0 aliphatic heterocycles. The fraction of sp³-hybridized carbons (Fsp3) is 0.500. The molecule has 1 rings (SSSR count). The molecule has 0 saturated heterocycles. The van der Waals surface area contributed by atoms with Crippen LogP contribution in [0, 0.1) is 0 Å². The molecule has 0 spiro atoms. The SMILES string of the molecule is NCC(O)c1cn[nH]c1CCl. The van der Waals surface area contributed by atoms with Crippen LogP contribution < -0.4 is 5.73 Å². The molecule has 0 saturated carbocycles. The van der Waals surface area contributed by atoms with Gasteiger partial charge in [-0.25, -0.2) is 0 Å². The molecule has 4 N–H and O–H groups in total. The highest BCUT2D eigenvalue weighted by Gasteiger charge is 2.11. The number of halogens is 1. The van der Waals surface area contributed by atoms with E-state index >= 15 is 0 Å². The van der Waals surface area contributed by atoms with Crippen molar-refractivity contribution >= 4 is 11.6 Å². The fourth-order valence-corrected chi connectivity index (χ4v) is 1.06. The predicted octanol–water partition coefficient (Wildman–Crippen LogP) is 0.141. The number of alkyl halides is 1. The molecular weight excluding hydrogens is 166 g/mol. The summed E-state index contributed by atoms with van der Waals surface area (Å²) in [6, 6.07) is 0. The second kappa shape index (κ2) is 3.71. The number of nitrogens with one attached hydrogen (secondary N) is 1. The summed E-state index contributed by atoms with van der Waals surface area (Å²) in [5.41, 5.74) is 6.66. The molecule has 0 aliphatic rings. The molecule has 1 aromatic rings. The summed E-state index contributed by atoms with van der Waals surface area (Å²) in [6.07, 6.45) is 0.873. The summed E-state index contributed by atoms with van der Waals surface area (Å²) in [4.78, 5) is 0. The molecule has 0 radical (unpaired) electrons. The zero-order valence-electron chi connectivity index (χ0n) is 5.92. The van der Waals surface area contributed by atoms with Crippen molar-refractivity contribution < 1.29 is 5.11 Å². The Kier molecular flexibility index (Phi) is 2.87. The minimum Gasteiger partial charge on any atom is -0.387 e. The first kappa shape index (κ1) is 8.52. The van der Waals surface area contributed by atoms with E-state index in [1.807, 2.05) is 0 Å².